The molecule has 1 aromatic rings. The molecule has 0 heterocycles. The quantitative estimate of drug-likeness (QED) is 0.701. The van der Waals surface area contributed by atoms with Crippen molar-refractivity contribution in [1.82, 2.24) is 0 Å². The van der Waals surface area contributed by atoms with Crippen molar-refractivity contribution in [3.8, 4) is 0 Å². The molecule has 5 N–H and O–H groups in total. The van der Waals surface area contributed by atoms with Gasteiger partial charge in [0.1, 0.15) is 0 Å². The zero-order valence-corrected chi connectivity index (χ0v) is 12.4. The third-order valence-corrected chi connectivity index (χ3v) is 3.80. The van der Waals surface area contributed by atoms with Crippen molar-refractivity contribution in [2.75, 3.05) is 11.1 Å². The third-order valence-electron chi connectivity index (χ3n) is 3.51. The maximum atomic E-state index is 11.5. The Morgan fingerprint density at radius 1 is 1.37 bits per heavy atom. The predicted molar refractivity (Wildman–Crippen MR) is 81.5 cm³/mol. The van der Waals surface area contributed by atoms with Crippen LogP contribution in [-0.2, 0) is 0 Å². The van der Waals surface area contributed by atoms with E-state index >= 15 is 0 Å². The van der Waals surface area contributed by atoms with Crippen molar-refractivity contribution in [3.05, 3.63) is 22.7 Å². The summed E-state index contributed by atoms with van der Waals surface area (Å²) >= 11 is 6.16. The van der Waals surface area contributed by atoms with Crippen LogP contribution in [0.1, 0.15) is 44.0 Å². The summed E-state index contributed by atoms with van der Waals surface area (Å²) < 4.78 is 0. The lowest BCUT2D eigenvalue weighted by atomic mass is 9.95. The van der Waals surface area contributed by atoms with Crippen LogP contribution in [0.4, 0.5) is 11.4 Å². The summed E-state index contributed by atoms with van der Waals surface area (Å²) in [6.07, 6.45) is 2.12. The molecule has 4 nitrogen and oxygen atoms in total. The van der Waals surface area contributed by atoms with E-state index in [1.165, 1.54) is 0 Å². The van der Waals surface area contributed by atoms with E-state index in [0.717, 1.165) is 12.8 Å². The van der Waals surface area contributed by atoms with Gasteiger partial charge in [0.25, 0.3) is 5.91 Å². The number of amides is 1. The van der Waals surface area contributed by atoms with Gasteiger partial charge in [0.2, 0.25) is 0 Å². The molecule has 0 bridgehead atoms. The highest BCUT2D eigenvalue weighted by molar-refractivity contribution is 6.34. The lowest BCUT2D eigenvalue weighted by molar-refractivity contribution is 0.100. The van der Waals surface area contributed by atoms with Crippen molar-refractivity contribution >= 4 is 28.9 Å². The van der Waals surface area contributed by atoms with E-state index in [1.807, 2.05) is 0 Å². The standard InChI is InChI=1S/C14H22ClN3O/c1-4-9(5-2)8(3)18-13-11(14(17)19)6-10(16)7-12(13)15/h6-9,18H,4-5,16H2,1-3H3,(H2,17,19). The number of carbonyl (C=O) groups is 1. The zero-order chi connectivity index (χ0) is 14.6. The van der Waals surface area contributed by atoms with Gasteiger partial charge in [0.15, 0.2) is 0 Å². The molecule has 0 aliphatic heterocycles. The Hall–Kier alpha value is -1.42. The average molecular weight is 284 g/mol. The summed E-state index contributed by atoms with van der Waals surface area (Å²) in [7, 11) is 0. The Bertz CT molecular complexity index is 458. The number of anilines is 2. The van der Waals surface area contributed by atoms with Gasteiger partial charge in [-0.2, -0.15) is 0 Å². The van der Waals surface area contributed by atoms with Crippen molar-refractivity contribution in [1.29, 1.82) is 0 Å². The van der Waals surface area contributed by atoms with E-state index in [2.05, 4.69) is 26.1 Å². The van der Waals surface area contributed by atoms with E-state index in [-0.39, 0.29) is 6.04 Å². The largest absolute Gasteiger partial charge is 0.399 e. The monoisotopic (exact) mass is 283 g/mol. The molecule has 1 aromatic carbocycles. The van der Waals surface area contributed by atoms with Crippen LogP contribution in [0, 0.1) is 5.92 Å². The normalized spacial score (nSPS) is 12.5. The third kappa shape index (κ3) is 3.77. The molecule has 0 saturated carbocycles. The molecule has 0 saturated heterocycles. The number of nitrogens with one attached hydrogen (secondary N) is 1. The fourth-order valence-electron chi connectivity index (χ4n) is 2.31. The first-order chi connectivity index (χ1) is 8.90. The van der Waals surface area contributed by atoms with Crippen LogP contribution in [0.25, 0.3) is 0 Å². The number of benzene rings is 1. The van der Waals surface area contributed by atoms with Crippen LogP contribution in [0.15, 0.2) is 12.1 Å². The van der Waals surface area contributed by atoms with Crippen molar-refractivity contribution in [2.45, 2.75) is 39.7 Å². The SMILES string of the molecule is CCC(CC)C(C)Nc1c(Cl)cc(N)cc1C(N)=O. The van der Waals surface area contributed by atoms with E-state index in [4.69, 9.17) is 23.1 Å². The van der Waals surface area contributed by atoms with Crippen LogP contribution in [0.2, 0.25) is 5.02 Å². The van der Waals surface area contributed by atoms with Gasteiger partial charge in [-0.05, 0) is 25.0 Å². The van der Waals surface area contributed by atoms with E-state index in [1.54, 1.807) is 12.1 Å². The molecule has 0 aromatic heterocycles. The Balaban J connectivity index is 3.09. The molecule has 1 rings (SSSR count). The highest BCUT2D eigenvalue weighted by atomic mass is 35.5. The lowest BCUT2D eigenvalue weighted by Gasteiger charge is -2.25. The van der Waals surface area contributed by atoms with E-state index in [9.17, 15) is 4.79 Å². The first-order valence-corrected chi connectivity index (χ1v) is 6.93. The molecule has 19 heavy (non-hydrogen) atoms. The molecule has 0 radical (unpaired) electrons. The van der Waals surface area contributed by atoms with Crippen LogP contribution in [0.3, 0.4) is 0 Å². The summed E-state index contributed by atoms with van der Waals surface area (Å²) in [6, 6.07) is 3.38. The first-order valence-electron chi connectivity index (χ1n) is 6.56. The molecule has 106 valence electrons. The Morgan fingerprint density at radius 3 is 2.42 bits per heavy atom. The second-order valence-corrected chi connectivity index (χ2v) is 5.21. The number of nitrogen functional groups attached to an aromatic ring is 1. The Kier molecular flexibility index (Phi) is 5.48. The van der Waals surface area contributed by atoms with Crippen LogP contribution in [-0.4, -0.2) is 11.9 Å². The molecule has 1 amide bonds. The molecule has 1 atom stereocenters. The minimum absolute atomic E-state index is 0.203. The summed E-state index contributed by atoms with van der Waals surface area (Å²) in [5, 5.41) is 3.72. The second-order valence-electron chi connectivity index (χ2n) is 4.80. The highest BCUT2D eigenvalue weighted by Crippen LogP contribution is 2.31. The molecule has 5 heteroatoms. The molecule has 0 spiro atoms. The maximum absolute atomic E-state index is 11.5. The van der Waals surface area contributed by atoms with Gasteiger partial charge >= 0.3 is 0 Å². The van der Waals surface area contributed by atoms with Crippen molar-refractivity contribution in [2.24, 2.45) is 11.7 Å². The van der Waals surface area contributed by atoms with Crippen LogP contribution in [0.5, 0.6) is 0 Å². The minimum Gasteiger partial charge on any atom is -0.399 e. The summed E-state index contributed by atoms with van der Waals surface area (Å²) in [5.41, 5.74) is 12.4. The van der Waals surface area contributed by atoms with Crippen LogP contribution < -0.4 is 16.8 Å². The molecule has 1 unspecified atom stereocenters. The number of primary amides is 1. The second kappa shape index (κ2) is 6.66. The van der Waals surface area contributed by atoms with Gasteiger partial charge in [0.05, 0.1) is 16.3 Å². The zero-order valence-electron chi connectivity index (χ0n) is 11.7. The van der Waals surface area contributed by atoms with Gasteiger partial charge in [-0.3, -0.25) is 4.79 Å². The lowest BCUT2D eigenvalue weighted by Crippen LogP contribution is -2.27. The van der Waals surface area contributed by atoms with Gasteiger partial charge < -0.3 is 16.8 Å². The number of hydrogen-bond donors (Lipinski definition) is 3. The van der Waals surface area contributed by atoms with Crippen LogP contribution >= 0.6 is 11.6 Å². The number of rotatable bonds is 6. The smallest absolute Gasteiger partial charge is 0.250 e. The molecule has 0 aliphatic carbocycles. The van der Waals surface area contributed by atoms with Crippen molar-refractivity contribution in [3.63, 3.8) is 0 Å². The summed E-state index contributed by atoms with van der Waals surface area (Å²) in [4.78, 5) is 11.5. The van der Waals surface area contributed by atoms with Gasteiger partial charge in [-0.1, -0.05) is 38.3 Å². The maximum Gasteiger partial charge on any atom is 0.250 e. The van der Waals surface area contributed by atoms with Crippen molar-refractivity contribution < 1.29 is 4.79 Å². The predicted octanol–water partition coefficient (Wildman–Crippen LogP) is 3.26. The summed E-state index contributed by atoms with van der Waals surface area (Å²) in [5.74, 6) is -0.0252. The average Bonchev–Trinajstić information content (AvgIpc) is 2.33. The van der Waals surface area contributed by atoms with E-state index in [0.29, 0.717) is 27.9 Å². The molecular weight excluding hydrogens is 262 g/mol. The number of nitrogens with two attached hydrogens (primary N) is 2. The number of hydrogen-bond acceptors (Lipinski definition) is 3. The van der Waals surface area contributed by atoms with Gasteiger partial charge in [-0.25, -0.2) is 0 Å². The Morgan fingerprint density at radius 2 is 1.95 bits per heavy atom. The fourth-order valence-corrected chi connectivity index (χ4v) is 2.59. The van der Waals surface area contributed by atoms with Gasteiger partial charge in [-0.15, -0.1) is 0 Å². The molecular formula is C14H22ClN3O. The summed E-state index contributed by atoms with van der Waals surface area (Å²) in [6.45, 7) is 6.37. The molecule has 0 fully saturated rings. The first kappa shape index (κ1) is 15.6. The highest BCUT2D eigenvalue weighted by Gasteiger charge is 2.19. The van der Waals surface area contributed by atoms with Gasteiger partial charge in [0, 0.05) is 11.7 Å². The topological polar surface area (TPSA) is 81.1 Å². The number of carbonyl (C=O) groups excluding carboxylic acids is 1. The Labute approximate surface area is 119 Å². The fraction of sp³-hybridized carbons (Fsp3) is 0.500. The van der Waals surface area contributed by atoms with E-state index < -0.39 is 5.91 Å². The molecule has 0 aliphatic rings. The number of halogens is 1. The minimum atomic E-state index is -0.534.